The molecule has 3 heteroatoms. The summed E-state index contributed by atoms with van der Waals surface area (Å²) in [5.74, 6) is 0. The van der Waals surface area contributed by atoms with Gasteiger partial charge in [0.2, 0.25) is 0 Å². The lowest BCUT2D eigenvalue weighted by atomic mass is 9.74. The molecule has 3 rings (SSSR count). The number of methoxy groups -OCH3 is 1. The summed E-state index contributed by atoms with van der Waals surface area (Å²) in [5.41, 5.74) is 10.9. The maximum atomic E-state index is 6.40. The van der Waals surface area contributed by atoms with Crippen LogP contribution in [0.5, 0.6) is 0 Å². The van der Waals surface area contributed by atoms with Gasteiger partial charge >= 0.3 is 0 Å². The highest BCUT2D eigenvalue weighted by Crippen LogP contribution is 2.43. The number of ether oxygens (including phenoxy) is 1. The van der Waals surface area contributed by atoms with Gasteiger partial charge in [-0.1, -0.05) is 13.8 Å². The molecule has 112 valence electrons. The Morgan fingerprint density at radius 2 is 2.10 bits per heavy atom. The average molecular weight is 276 g/mol. The van der Waals surface area contributed by atoms with Crippen LogP contribution in [0, 0.1) is 12.3 Å². The number of nitrogens with zero attached hydrogens (tertiary/aromatic N) is 1. The molecule has 0 radical (unpaired) electrons. The summed E-state index contributed by atoms with van der Waals surface area (Å²) in [7, 11) is 1.86. The first-order valence-corrected chi connectivity index (χ1v) is 7.85. The highest BCUT2D eigenvalue weighted by molar-refractivity contribution is 5.34. The molecule has 0 amide bonds. The fraction of sp³-hybridized carbons (Fsp3) is 0.765. The van der Waals surface area contributed by atoms with Crippen molar-refractivity contribution in [3.05, 3.63) is 23.0 Å². The Morgan fingerprint density at radius 3 is 2.65 bits per heavy atom. The second-order valence-corrected chi connectivity index (χ2v) is 7.67. The van der Waals surface area contributed by atoms with Crippen LogP contribution in [0.3, 0.4) is 0 Å². The van der Waals surface area contributed by atoms with Crippen molar-refractivity contribution in [1.82, 2.24) is 4.57 Å². The first kappa shape index (κ1) is 14.2. The van der Waals surface area contributed by atoms with Crippen LogP contribution < -0.4 is 5.73 Å². The predicted molar refractivity (Wildman–Crippen MR) is 81.8 cm³/mol. The molecular weight excluding hydrogens is 248 g/mol. The highest BCUT2D eigenvalue weighted by atomic mass is 16.5. The van der Waals surface area contributed by atoms with Crippen molar-refractivity contribution >= 4 is 0 Å². The van der Waals surface area contributed by atoms with Gasteiger partial charge in [0, 0.05) is 24.5 Å². The van der Waals surface area contributed by atoms with Crippen molar-refractivity contribution in [3.63, 3.8) is 0 Å². The van der Waals surface area contributed by atoms with E-state index in [2.05, 4.69) is 31.4 Å². The quantitative estimate of drug-likeness (QED) is 0.920. The van der Waals surface area contributed by atoms with Gasteiger partial charge in [-0.3, -0.25) is 0 Å². The number of nitrogens with two attached hydrogens (primary N) is 1. The molecule has 1 saturated carbocycles. The van der Waals surface area contributed by atoms with Gasteiger partial charge in [-0.2, -0.15) is 0 Å². The molecule has 0 aliphatic heterocycles. The minimum Gasteiger partial charge on any atom is -0.376 e. The molecule has 0 aromatic carbocycles. The van der Waals surface area contributed by atoms with E-state index in [0.717, 1.165) is 19.4 Å². The standard InChI is InChI=1S/C17H28N2O/c1-12-8-13-14(18)9-16(2,3)10-15(13)19(12)11-17(20-4)6-5-7-17/h8,14H,5-7,9-11,18H2,1-4H3. The topological polar surface area (TPSA) is 40.2 Å². The number of rotatable bonds is 3. The molecule has 2 aliphatic rings. The lowest BCUT2D eigenvalue weighted by Gasteiger charge is -2.42. The summed E-state index contributed by atoms with van der Waals surface area (Å²) in [6, 6.07) is 2.49. The molecule has 20 heavy (non-hydrogen) atoms. The largest absolute Gasteiger partial charge is 0.376 e. The summed E-state index contributed by atoms with van der Waals surface area (Å²) in [4.78, 5) is 0. The van der Waals surface area contributed by atoms with Gasteiger partial charge in [0.25, 0.3) is 0 Å². The van der Waals surface area contributed by atoms with Crippen LogP contribution in [0.4, 0.5) is 0 Å². The van der Waals surface area contributed by atoms with Gasteiger partial charge in [-0.05, 0) is 56.1 Å². The Bertz CT molecular complexity index is 506. The first-order chi connectivity index (χ1) is 9.36. The molecule has 0 spiro atoms. The molecule has 1 fully saturated rings. The molecule has 1 aromatic heterocycles. The molecule has 1 heterocycles. The monoisotopic (exact) mass is 276 g/mol. The highest BCUT2D eigenvalue weighted by Gasteiger charge is 2.40. The van der Waals surface area contributed by atoms with Crippen molar-refractivity contribution in [3.8, 4) is 0 Å². The fourth-order valence-electron chi connectivity index (χ4n) is 4.01. The van der Waals surface area contributed by atoms with Crippen LogP contribution in [0.15, 0.2) is 6.07 Å². The molecule has 0 bridgehead atoms. The Morgan fingerprint density at radius 1 is 1.40 bits per heavy atom. The Labute approximate surface area is 122 Å². The van der Waals surface area contributed by atoms with Crippen LogP contribution in [-0.4, -0.2) is 17.3 Å². The molecule has 1 atom stereocenters. The lowest BCUT2D eigenvalue weighted by molar-refractivity contribution is -0.0843. The third kappa shape index (κ3) is 2.21. The van der Waals surface area contributed by atoms with E-state index in [9.17, 15) is 0 Å². The Kier molecular flexibility index (Phi) is 3.26. The zero-order valence-electron chi connectivity index (χ0n) is 13.3. The van der Waals surface area contributed by atoms with E-state index in [1.54, 1.807) is 0 Å². The summed E-state index contributed by atoms with van der Waals surface area (Å²) in [5, 5.41) is 0. The molecule has 2 aliphatic carbocycles. The van der Waals surface area contributed by atoms with Crippen LogP contribution in [0.25, 0.3) is 0 Å². The van der Waals surface area contributed by atoms with Crippen molar-refractivity contribution in [2.75, 3.05) is 7.11 Å². The zero-order valence-corrected chi connectivity index (χ0v) is 13.3. The summed E-state index contributed by atoms with van der Waals surface area (Å²) >= 11 is 0. The minimum absolute atomic E-state index is 0.0727. The first-order valence-electron chi connectivity index (χ1n) is 7.85. The van der Waals surface area contributed by atoms with E-state index < -0.39 is 0 Å². The van der Waals surface area contributed by atoms with Crippen molar-refractivity contribution < 1.29 is 4.74 Å². The molecule has 1 unspecified atom stereocenters. The van der Waals surface area contributed by atoms with Gasteiger partial charge in [0.15, 0.2) is 0 Å². The van der Waals surface area contributed by atoms with Crippen LogP contribution in [0.1, 0.15) is 62.5 Å². The summed E-state index contributed by atoms with van der Waals surface area (Å²) in [6.07, 6.45) is 5.88. The number of hydrogen-bond donors (Lipinski definition) is 1. The van der Waals surface area contributed by atoms with E-state index >= 15 is 0 Å². The number of hydrogen-bond acceptors (Lipinski definition) is 2. The zero-order chi connectivity index (χ0) is 14.5. The van der Waals surface area contributed by atoms with Gasteiger partial charge in [0.1, 0.15) is 0 Å². The van der Waals surface area contributed by atoms with Gasteiger partial charge in [-0.25, -0.2) is 0 Å². The molecular formula is C17H28N2O. The van der Waals surface area contributed by atoms with Crippen LogP contribution >= 0.6 is 0 Å². The smallest absolute Gasteiger partial charge is 0.0856 e. The summed E-state index contributed by atoms with van der Waals surface area (Å²) < 4.78 is 8.30. The summed E-state index contributed by atoms with van der Waals surface area (Å²) in [6.45, 7) is 7.86. The molecule has 1 aromatic rings. The normalized spacial score (nSPS) is 26.9. The Hall–Kier alpha value is -0.800. The minimum atomic E-state index is 0.0727. The lowest BCUT2D eigenvalue weighted by Crippen LogP contribution is -2.44. The van der Waals surface area contributed by atoms with E-state index in [0.29, 0.717) is 5.41 Å². The maximum Gasteiger partial charge on any atom is 0.0856 e. The number of aryl methyl sites for hydroxylation is 1. The molecule has 2 N–H and O–H groups in total. The van der Waals surface area contributed by atoms with Crippen molar-refractivity contribution in [2.45, 2.75) is 71.1 Å². The number of fused-ring (bicyclic) bond motifs is 1. The van der Waals surface area contributed by atoms with Gasteiger partial charge < -0.3 is 15.0 Å². The predicted octanol–water partition coefficient (Wildman–Crippen LogP) is 3.34. The van der Waals surface area contributed by atoms with E-state index in [4.69, 9.17) is 10.5 Å². The average Bonchev–Trinajstić information content (AvgIpc) is 2.60. The van der Waals surface area contributed by atoms with Crippen molar-refractivity contribution in [1.29, 1.82) is 0 Å². The van der Waals surface area contributed by atoms with Crippen LogP contribution in [-0.2, 0) is 17.7 Å². The third-order valence-corrected chi connectivity index (χ3v) is 5.41. The van der Waals surface area contributed by atoms with Gasteiger partial charge in [0.05, 0.1) is 12.1 Å². The number of aromatic nitrogens is 1. The van der Waals surface area contributed by atoms with Crippen LogP contribution in [0.2, 0.25) is 0 Å². The second kappa shape index (κ2) is 4.60. The second-order valence-electron chi connectivity index (χ2n) is 7.67. The van der Waals surface area contributed by atoms with Gasteiger partial charge in [-0.15, -0.1) is 0 Å². The maximum absolute atomic E-state index is 6.40. The molecule has 3 nitrogen and oxygen atoms in total. The van der Waals surface area contributed by atoms with E-state index in [-0.39, 0.29) is 11.6 Å². The third-order valence-electron chi connectivity index (χ3n) is 5.41. The van der Waals surface area contributed by atoms with E-state index in [1.807, 2.05) is 7.11 Å². The van der Waals surface area contributed by atoms with E-state index in [1.165, 1.54) is 36.2 Å². The SMILES string of the molecule is COC1(Cn2c(C)cc3c2CC(C)(C)CC3N)CCC1. The fourth-order valence-corrected chi connectivity index (χ4v) is 4.01. The molecule has 0 saturated heterocycles. The Balaban J connectivity index is 1.96. The van der Waals surface area contributed by atoms with Crippen molar-refractivity contribution in [2.24, 2.45) is 11.1 Å².